The zero-order valence-corrected chi connectivity index (χ0v) is 11.3. The summed E-state index contributed by atoms with van der Waals surface area (Å²) < 4.78 is 1.49. The zero-order valence-electron chi connectivity index (χ0n) is 10.6. The van der Waals surface area contributed by atoms with Crippen LogP contribution in [0.1, 0.15) is 18.7 Å². The maximum Gasteiger partial charge on any atom is 0.249 e. The van der Waals surface area contributed by atoms with Gasteiger partial charge in [0.2, 0.25) is 5.91 Å². The van der Waals surface area contributed by atoms with Crippen molar-refractivity contribution in [2.75, 3.05) is 5.32 Å². The minimum atomic E-state index is -0.522. The Kier molecular flexibility index (Phi) is 3.76. The molecule has 0 fully saturated rings. The molecular formula is C13H14ClN3O2. The van der Waals surface area contributed by atoms with Crippen molar-refractivity contribution in [1.82, 2.24) is 9.78 Å². The van der Waals surface area contributed by atoms with Gasteiger partial charge < -0.3 is 10.4 Å². The largest absolute Gasteiger partial charge is 0.506 e. The van der Waals surface area contributed by atoms with E-state index >= 15 is 0 Å². The number of benzene rings is 1. The van der Waals surface area contributed by atoms with E-state index in [1.54, 1.807) is 38.2 Å². The van der Waals surface area contributed by atoms with E-state index in [1.165, 1.54) is 10.7 Å². The van der Waals surface area contributed by atoms with Crippen LogP contribution in [0.4, 0.5) is 5.69 Å². The van der Waals surface area contributed by atoms with Crippen molar-refractivity contribution in [2.45, 2.75) is 19.9 Å². The highest BCUT2D eigenvalue weighted by atomic mass is 35.5. The van der Waals surface area contributed by atoms with E-state index in [0.29, 0.717) is 16.4 Å². The Hall–Kier alpha value is -2.01. The van der Waals surface area contributed by atoms with E-state index in [9.17, 15) is 9.90 Å². The lowest BCUT2D eigenvalue weighted by Gasteiger charge is -2.13. The molecule has 1 amide bonds. The molecule has 1 aromatic carbocycles. The van der Waals surface area contributed by atoms with E-state index < -0.39 is 6.04 Å². The van der Waals surface area contributed by atoms with Crippen LogP contribution in [0.5, 0.6) is 5.75 Å². The van der Waals surface area contributed by atoms with Gasteiger partial charge in [-0.1, -0.05) is 23.7 Å². The quantitative estimate of drug-likeness (QED) is 0.849. The first-order chi connectivity index (χ1) is 8.99. The summed E-state index contributed by atoms with van der Waals surface area (Å²) in [6, 6.07) is 6.03. The lowest BCUT2D eigenvalue weighted by atomic mass is 10.2. The molecule has 1 unspecified atom stereocenters. The van der Waals surface area contributed by atoms with Crippen molar-refractivity contribution >= 4 is 23.2 Å². The maximum absolute atomic E-state index is 12.1. The first-order valence-electron chi connectivity index (χ1n) is 5.79. The van der Waals surface area contributed by atoms with Crippen LogP contribution in [0.25, 0.3) is 0 Å². The summed E-state index contributed by atoms with van der Waals surface area (Å²) in [6.07, 6.45) is 1.60. The predicted octanol–water partition coefficient (Wildman–Crippen LogP) is 2.75. The third-order valence-corrected chi connectivity index (χ3v) is 3.17. The van der Waals surface area contributed by atoms with Gasteiger partial charge in [0.25, 0.3) is 0 Å². The van der Waals surface area contributed by atoms with E-state index in [2.05, 4.69) is 10.4 Å². The number of carbonyl (C=O) groups excluding carboxylic acids is 1. The number of carbonyl (C=O) groups is 1. The number of hydrogen-bond donors (Lipinski definition) is 2. The van der Waals surface area contributed by atoms with E-state index in [4.69, 9.17) is 11.6 Å². The first-order valence-corrected chi connectivity index (χ1v) is 6.17. The van der Waals surface area contributed by atoms with Crippen molar-refractivity contribution in [3.05, 3.63) is 41.2 Å². The molecule has 19 heavy (non-hydrogen) atoms. The normalized spacial score (nSPS) is 12.2. The third-order valence-electron chi connectivity index (χ3n) is 2.79. The molecule has 1 atom stereocenters. The summed E-state index contributed by atoms with van der Waals surface area (Å²) >= 11 is 5.91. The molecule has 0 aliphatic rings. The number of anilines is 1. The molecule has 0 saturated heterocycles. The number of phenolic OH excluding ortho intramolecular Hbond substituents is 1. The van der Waals surface area contributed by atoms with Crippen LogP contribution in [-0.4, -0.2) is 20.8 Å². The second-order valence-electron chi connectivity index (χ2n) is 4.22. The Bertz CT molecular complexity index is 590. The van der Waals surface area contributed by atoms with E-state index in [-0.39, 0.29) is 11.7 Å². The average molecular weight is 280 g/mol. The number of para-hydroxylation sites is 2. The zero-order chi connectivity index (χ0) is 14.0. The number of rotatable bonds is 3. The van der Waals surface area contributed by atoms with E-state index in [1.807, 2.05) is 0 Å². The van der Waals surface area contributed by atoms with Crippen LogP contribution in [0, 0.1) is 6.92 Å². The smallest absolute Gasteiger partial charge is 0.249 e. The number of aromatic hydroxyl groups is 1. The van der Waals surface area contributed by atoms with Gasteiger partial charge in [-0.05, 0) is 26.0 Å². The topological polar surface area (TPSA) is 67.2 Å². The summed E-state index contributed by atoms with van der Waals surface area (Å²) in [5, 5.41) is 16.9. The number of halogens is 1. The molecule has 0 saturated carbocycles. The van der Waals surface area contributed by atoms with Crippen molar-refractivity contribution < 1.29 is 9.90 Å². The minimum absolute atomic E-state index is 0.0257. The number of aryl methyl sites for hydroxylation is 1. The molecule has 1 aromatic heterocycles. The highest BCUT2D eigenvalue weighted by Crippen LogP contribution is 2.23. The number of aromatic nitrogens is 2. The molecule has 0 aliphatic heterocycles. The molecule has 100 valence electrons. The fourth-order valence-electron chi connectivity index (χ4n) is 1.59. The van der Waals surface area contributed by atoms with Crippen molar-refractivity contribution in [2.24, 2.45) is 0 Å². The summed E-state index contributed by atoms with van der Waals surface area (Å²) in [7, 11) is 0. The van der Waals surface area contributed by atoms with Crippen molar-refractivity contribution in [3.8, 4) is 5.75 Å². The highest BCUT2D eigenvalue weighted by molar-refractivity contribution is 6.31. The molecule has 0 aliphatic carbocycles. The Morgan fingerprint density at radius 1 is 1.47 bits per heavy atom. The van der Waals surface area contributed by atoms with Crippen LogP contribution in [0.3, 0.4) is 0 Å². The maximum atomic E-state index is 12.1. The van der Waals surface area contributed by atoms with Gasteiger partial charge in [-0.2, -0.15) is 5.10 Å². The Labute approximate surface area is 115 Å². The SMILES string of the molecule is Cc1nn(C(C)C(=O)Nc2ccccc2O)cc1Cl. The first kappa shape index (κ1) is 13.4. The lowest BCUT2D eigenvalue weighted by Crippen LogP contribution is -2.24. The minimum Gasteiger partial charge on any atom is -0.506 e. The average Bonchev–Trinajstić information content (AvgIpc) is 2.71. The Morgan fingerprint density at radius 2 is 2.16 bits per heavy atom. The predicted molar refractivity (Wildman–Crippen MR) is 73.4 cm³/mol. The molecule has 0 spiro atoms. The lowest BCUT2D eigenvalue weighted by molar-refractivity contribution is -0.119. The van der Waals surface area contributed by atoms with Gasteiger partial charge in [0.15, 0.2) is 0 Å². The molecular weight excluding hydrogens is 266 g/mol. The van der Waals surface area contributed by atoms with Gasteiger partial charge in [0.05, 0.1) is 16.4 Å². The van der Waals surface area contributed by atoms with Crippen LogP contribution in [0.2, 0.25) is 5.02 Å². The van der Waals surface area contributed by atoms with Gasteiger partial charge in [0.1, 0.15) is 11.8 Å². The summed E-state index contributed by atoms with van der Waals surface area (Å²) in [5.74, 6) is -0.251. The molecule has 2 rings (SSSR count). The summed E-state index contributed by atoms with van der Waals surface area (Å²) in [5.41, 5.74) is 1.04. The molecule has 6 heteroatoms. The number of nitrogens with zero attached hydrogens (tertiary/aromatic N) is 2. The molecule has 1 heterocycles. The summed E-state index contributed by atoms with van der Waals surface area (Å²) in [4.78, 5) is 12.1. The van der Waals surface area contributed by atoms with Gasteiger partial charge in [0, 0.05) is 6.20 Å². The van der Waals surface area contributed by atoms with Gasteiger partial charge >= 0.3 is 0 Å². The molecule has 2 aromatic rings. The number of amides is 1. The monoisotopic (exact) mass is 279 g/mol. The van der Waals surface area contributed by atoms with Crippen LogP contribution < -0.4 is 5.32 Å². The Morgan fingerprint density at radius 3 is 2.74 bits per heavy atom. The van der Waals surface area contributed by atoms with Gasteiger partial charge in [-0.3, -0.25) is 9.48 Å². The van der Waals surface area contributed by atoms with Gasteiger partial charge in [-0.25, -0.2) is 0 Å². The second-order valence-corrected chi connectivity index (χ2v) is 4.63. The summed E-state index contributed by atoms with van der Waals surface area (Å²) in [6.45, 7) is 3.48. The van der Waals surface area contributed by atoms with Crippen molar-refractivity contribution in [3.63, 3.8) is 0 Å². The third kappa shape index (κ3) is 2.88. The number of phenols is 1. The molecule has 2 N–H and O–H groups in total. The Balaban J connectivity index is 2.14. The van der Waals surface area contributed by atoms with E-state index in [0.717, 1.165) is 0 Å². The fourth-order valence-corrected chi connectivity index (χ4v) is 1.73. The number of nitrogens with one attached hydrogen (secondary N) is 1. The van der Waals surface area contributed by atoms with Crippen molar-refractivity contribution in [1.29, 1.82) is 0 Å². The molecule has 5 nitrogen and oxygen atoms in total. The van der Waals surface area contributed by atoms with Gasteiger partial charge in [-0.15, -0.1) is 0 Å². The number of hydrogen-bond acceptors (Lipinski definition) is 3. The standard InChI is InChI=1S/C13H14ClN3O2/c1-8-10(14)7-17(16-8)9(2)13(19)15-11-5-3-4-6-12(11)18/h3-7,9,18H,1-2H3,(H,15,19). The second kappa shape index (κ2) is 5.32. The van der Waals surface area contributed by atoms with Crippen LogP contribution in [-0.2, 0) is 4.79 Å². The van der Waals surface area contributed by atoms with Crippen LogP contribution >= 0.6 is 11.6 Å². The van der Waals surface area contributed by atoms with Crippen LogP contribution in [0.15, 0.2) is 30.5 Å². The molecule has 0 radical (unpaired) electrons. The highest BCUT2D eigenvalue weighted by Gasteiger charge is 2.18. The molecule has 0 bridgehead atoms. The fraction of sp³-hybridized carbons (Fsp3) is 0.231.